The normalized spacial score (nSPS) is 20.1. The van der Waals surface area contributed by atoms with Crippen LogP contribution in [0.15, 0.2) is 29.5 Å². The van der Waals surface area contributed by atoms with Gasteiger partial charge in [0.1, 0.15) is 11.6 Å². The summed E-state index contributed by atoms with van der Waals surface area (Å²) in [6.07, 6.45) is 5.49. The lowest BCUT2D eigenvalue weighted by Crippen LogP contribution is -2.42. The van der Waals surface area contributed by atoms with Gasteiger partial charge in [-0.3, -0.25) is 14.6 Å². The van der Waals surface area contributed by atoms with Crippen molar-refractivity contribution in [3.05, 3.63) is 52.0 Å². The SMILES string of the molecule is COc1cncc(C(NC(=O)Cc2cnc(C)[nH]c2=O)C2CC(O)C2)c1. The predicted molar refractivity (Wildman–Crippen MR) is 93.7 cm³/mol. The Bertz CT molecular complexity index is 845. The molecule has 0 spiro atoms. The summed E-state index contributed by atoms with van der Waals surface area (Å²) in [4.78, 5) is 35.2. The summed E-state index contributed by atoms with van der Waals surface area (Å²) in [5.41, 5.74) is 0.807. The zero-order chi connectivity index (χ0) is 18.7. The van der Waals surface area contributed by atoms with Crippen molar-refractivity contribution in [2.75, 3.05) is 7.11 Å². The Kier molecular flexibility index (Phi) is 5.32. The molecule has 1 aliphatic rings. The number of aromatic nitrogens is 3. The summed E-state index contributed by atoms with van der Waals surface area (Å²) in [5.74, 6) is 0.927. The molecule has 0 aromatic carbocycles. The summed E-state index contributed by atoms with van der Waals surface area (Å²) >= 11 is 0. The average molecular weight is 358 g/mol. The molecule has 8 heteroatoms. The van der Waals surface area contributed by atoms with Gasteiger partial charge < -0.3 is 20.1 Å². The zero-order valence-electron chi connectivity index (χ0n) is 14.7. The average Bonchev–Trinajstić information content (AvgIpc) is 2.60. The van der Waals surface area contributed by atoms with E-state index in [4.69, 9.17) is 4.74 Å². The number of aromatic amines is 1. The van der Waals surface area contributed by atoms with E-state index in [2.05, 4.69) is 20.3 Å². The lowest BCUT2D eigenvalue weighted by atomic mass is 9.75. The predicted octanol–water partition coefficient (Wildman–Crippen LogP) is 0.653. The third-order valence-corrected chi connectivity index (χ3v) is 4.62. The number of carbonyl (C=O) groups excluding carboxylic acids is 1. The lowest BCUT2D eigenvalue weighted by molar-refractivity contribution is -0.122. The van der Waals surface area contributed by atoms with Gasteiger partial charge in [-0.2, -0.15) is 0 Å². The van der Waals surface area contributed by atoms with E-state index in [0.29, 0.717) is 30.0 Å². The number of hydrogen-bond acceptors (Lipinski definition) is 6. The van der Waals surface area contributed by atoms with Gasteiger partial charge in [0, 0.05) is 18.0 Å². The van der Waals surface area contributed by atoms with E-state index in [1.165, 1.54) is 6.20 Å². The summed E-state index contributed by atoms with van der Waals surface area (Å²) in [7, 11) is 1.55. The second-order valence-electron chi connectivity index (χ2n) is 6.59. The molecule has 1 saturated carbocycles. The van der Waals surface area contributed by atoms with Crippen LogP contribution in [0.5, 0.6) is 5.75 Å². The molecule has 1 unspecified atom stereocenters. The van der Waals surface area contributed by atoms with Gasteiger partial charge in [0.05, 0.1) is 31.9 Å². The smallest absolute Gasteiger partial charge is 0.254 e. The van der Waals surface area contributed by atoms with Crippen molar-refractivity contribution >= 4 is 5.91 Å². The van der Waals surface area contributed by atoms with Gasteiger partial charge in [0.25, 0.3) is 5.56 Å². The van der Waals surface area contributed by atoms with Crippen molar-refractivity contribution in [1.29, 1.82) is 0 Å². The summed E-state index contributed by atoms with van der Waals surface area (Å²) in [5, 5.41) is 12.6. The molecule has 2 aromatic rings. The number of amides is 1. The number of aryl methyl sites for hydroxylation is 1. The first-order valence-electron chi connectivity index (χ1n) is 8.47. The number of ether oxygens (including phenoxy) is 1. The second kappa shape index (κ2) is 7.65. The molecule has 0 aliphatic heterocycles. The number of nitrogens with one attached hydrogen (secondary N) is 2. The Morgan fingerprint density at radius 2 is 2.19 bits per heavy atom. The van der Waals surface area contributed by atoms with Crippen LogP contribution in [-0.4, -0.2) is 39.2 Å². The number of hydrogen-bond donors (Lipinski definition) is 3. The first-order chi connectivity index (χ1) is 12.5. The van der Waals surface area contributed by atoms with Crippen LogP contribution in [0.3, 0.4) is 0 Å². The Morgan fingerprint density at radius 1 is 1.42 bits per heavy atom. The van der Waals surface area contributed by atoms with Crippen molar-refractivity contribution in [2.45, 2.75) is 38.3 Å². The van der Waals surface area contributed by atoms with Gasteiger partial charge >= 0.3 is 0 Å². The Morgan fingerprint density at radius 3 is 2.85 bits per heavy atom. The van der Waals surface area contributed by atoms with E-state index in [1.54, 1.807) is 26.4 Å². The van der Waals surface area contributed by atoms with E-state index in [0.717, 1.165) is 5.56 Å². The highest BCUT2D eigenvalue weighted by molar-refractivity contribution is 5.78. The van der Waals surface area contributed by atoms with Crippen LogP contribution in [0.2, 0.25) is 0 Å². The summed E-state index contributed by atoms with van der Waals surface area (Å²) in [6, 6.07) is 1.52. The van der Waals surface area contributed by atoms with Gasteiger partial charge in [-0.05, 0) is 37.3 Å². The largest absolute Gasteiger partial charge is 0.495 e. The number of H-pyrrole nitrogens is 1. The van der Waals surface area contributed by atoms with Crippen molar-refractivity contribution in [3.8, 4) is 5.75 Å². The molecule has 8 nitrogen and oxygen atoms in total. The minimum atomic E-state index is -0.345. The zero-order valence-corrected chi connectivity index (χ0v) is 14.7. The van der Waals surface area contributed by atoms with Gasteiger partial charge in [-0.15, -0.1) is 0 Å². The minimum absolute atomic E-state index is 0.0637. The maximum Gasteiger partial charge on any atom is 0.254 e. The van der Waals surface area contributed by atoms with Crippen LogP contribution in [0, 0.1) is 12.8 Å². The maximum atomic E-state index is 12.5. The molecule has 0 bridgehead atoms. The molecular weight excluding hydrogens is 336 g/mol. The molecule has 1 amide bonds. The second-order valence-corrected chi connectivity index (χ2v) is 6.59. The van der Waals surface area contributed by atoms with E-state index < -0.39 is 0 Å². The summed E-state index contributed by atoms with van der Waals surface area (Å²) < 4.78 is 5.21. The number of methoxy groups -OCH3 is 1. The molecule has 1 atom stereocenters. The van der Waals surface area contributed by atoms with E-state index >= 15 is 0 Å². The number of nitrogens with zero attached hydrogens (tertiary/aromatic N) is 2. The molecule has 0 radical (unpaired) electrons. The standard InChI is InChI=1S/C18H22N4O4/c1-10-20-8-13(18(25)21-10)6-16(24)22-17(11-3-14(23)4-11)12-5-15(26-2)9-19-7-12/h5,7-9,11,14,17,23H,3-4,6H2,1-2H3,(H,22,24)(H,20,21,25). The number of aliphatic hydroxyl groups is 1. The number of pyridine rings is 1. The van der Waals surface area contributed by atoms with Crippen LogP contribution in [0.1, 0.15) is 35.8 Å². The van der Waals surface area contributed by atoms with Crippen LogP contribution in [0.4, 0.5) is 0 Å². The van der Waals surface area contributed by atoms with Crippen molar-refractivity contribution in [3.63, 3.8) is 0 Å². The number of rotatable bonds is 6. The molecule has 2 heterocycles. The van der Waals surface area contributed by atoms with E-state index in [9.17, 15) is 14.7 Å². The highest BCUT2D eigenvalue weighted by Gasteiger charge is 2.36. The molecule has 1 fully saturated rings. The molecule has 0 saturated heterocycles. The number of carbonyl (C=O) groups is 1. The maximum absolute atomic E-state index is 12.5. The highest BCUT2D eigenvalue weighted by Crippen LogP contribution is 2.38. The molecule has 2 aromatic heterocycles. The van der Waals surface area contributed by atoms with Crippen LogP contribution >= 0.6 is 0 Å². The molecule has 26 heavy (non-hydrogen) atoms. The Labute approximate surface area is 150 Å². The van der Waals surface area contributed by atoms with Crippen molar-refractivity contribution < 1.29 is 14.6 Å². The van der Waals surface area contributed by atoms with Gasteiger partial charge in [-0.1, -0.05) is 0 Å². The van der Waals surface area contributed by atoms with Crippen LogP contribution in [0.25, 0.3) is 0 Å². The molecule has 138 valence electrons. The monoisotopic (exact) mass is 358 g/mol. The van der Waals surface area contributed by atoms with Crippen LogP contribution in [-0.2, 0) is 11.2 Å². The molecule has 1 aliphatic carbocycles. The van der Waals surface area contributed by atoms with Crippen molar-refractivity contribution in [2.24, 2.45) is 5.92 Å². The molecule has 3 rings (SSSR count). The first kappa shape index (κ1) is 18.1. The third-order valence-electron chi connectivity index (χ3n) is 4.62. The van der Waals surface area contributed by atoms with Gasteiger partial charge in [0.15, 0.2) is 0 Å². The van der Waals surface area contributed by atoms with Gasteiger partial charge in [-0.25, -0.2) is 4.98 Å². The minimum Gasteiger partial charge on any atom is -0.495 e. The van der Waals surface area contributed by atoms with Gasteiger partial charge in [0.2, 0.25) is 5.91 Å². The van der Waals surface area contributed by atoms with Crippen LogP contribution < -0.4 is 15.6 Å². The van der Waals surface area contributed by atoms with Crippen molar-refractivity contribution in [1.82, 2.24) is 20.3 Å². The first-order valence-corrected chi connectivity index (χ1v) is 8.47. The summed E-state index contributed by atoms with van der Waals surface area (Å²) in [6.45, 7) is 1.68. The quantitative estimate of drug-likeness (QED) is 0.698. The Balaban J connectivity index is 1.76. The fourth-order valence-corrected chi connectivity index (χ4v) is 3.13. The van der Waals surface area contributed by atoms with E-state index in [-0.39, 0.29) is 36.0 Å². The number of aliphatic hydroxyl groups excluding tert-OH is 1. The lowest BCUT2D eigenvalue weighted by Gasteiger charge is -2.38. The fraction of sp³-hybridized carbons (Fsp3) is 0.444. The highest BCUT2D eigenvalue weighted by atomic mass is 16.5. The van der Waals surface area contributed by atoms with E-state index in [1.807, 2.05) is 6.07 Å². The topological polar surface area (TPSA) is 117 Å². The third kappa shape index (κ3) is 4.08. The Hall–Kier alpha value is -2.74. The molecular formula is C18H22N4O4. The fourth-order valence-electron chi connectivity index (χ4n) is 3.13. The molecule has 3 N–H and O–H groups in total.